The maximum Gasteiger partial charge on any atom is -0.0163 e. The van der Waals surface area contributed by atoms with Crippen LogP contribution in [-0.2, 0) is 0 Å². The van der Waals surface area contributed by atoms with Gasteiger partial charge >= 0.3 is 0 Å². The highest BCUT2D eigenvalue weighted by atomic mass is 35.5. The van der Waals surface area contributed by atoms with Crippen LogP contribution >= 0.6 is 11.5 Å². The van der Waals surface area contributed by atoms with Crippen molar-refractivity contribution in [3.05, 3.63) is 24.3 Å². The molecule has 0 heterocycles. The highest BCUT2D eigenvalue weighted by Gasteiger charge is 2.37. The summed E-state index contributed by atoms with van der Waals surface area (Å²) in [5.41, 5.74) is 0. The number of fused-ring (bicyclic) bond motifs is 1. The molecule has 4 unspecified atom stereocenters. The molecule has 0 aliphatic heterocycles. The maximum atomic E-state index is 6.11. The van der Waals surface area contributed by atoms with Gasteiger partial charge in [-0.15, -0.1) is 0 Å². The van der Waals surface area contributed by atoms with Gasteiger partial charge in [-0.1, -0.05) is 37.1 Å². The quantitative estimate of drug-likeness (QED) is 0.605. The molecule has 1 radical (unpaired) electrons. The van der Waals surface area contributed by atoms with Crippen LogP contribution in [0.25, 0.3) is 0 Å². The summed E-state index contributed by atoms with van der Waals surface area (Å²) in [4.78, 5) is 0. The Morgan fingerprint density at radius 3 is 2.79 bits per heavy atom. The third-order valence-corrected chi connectivity index (χ3v) is 3.94. The summed E-state index contributed by atoms with van der Waals surface area (Å²) in [7, 11) is 0. The Bertz CT molecular complexity index is 257. The number of hydrogen-bond acceptors (Lipinski definition) is 0. The normalized spacial score (nSPS) is 40.6. The van der Waals surface area contributed by atoms with Gasteiger partial charge in [0, 0.05) is 0 Å². The molecule has 0 aromatic carbocycles. The monoisotopic (exact) mass is 208 g/mol. The van der Waals surface area contributed by atoms with E-state index in [0.717, 1.165) is 23.7 Å². The second kappa shape index (κ2) is 4.14. The Balaban J connectivity index is 2.09. The summed E-state index contributed by atoms with van der Waals surface area (Å²) < 4.78 is 0. The summed E-state index contributed by atoms with van der Waals surface area (Å²) in [6, 6.07) is 0. The largest absolute Gasteiger partial charge is 0.432 e. The molecule has 0 amide bonds. The van der Waals surface area contributed by atoms with Crippen molar-refractivity contribution in [2.24, 2.45) is 23.7 Å². The molecule has 14 heavy (non-hydrogen) atoms. The molecule has 0 aromatic rings. The zero-order valence-corrected chi connectivity index (χ0v) is 9.74. The van der Waals surface area contributed by atoms with Crippen molar-refractivity contribution >= 4 is 17.6 Å². The summed E-state index contributed by atoms with van der Waals surface area (Å²) in [5, 5.41) is 0. The number of rotatable bonds is 2. The van der Waals surface area contributed by atoms with E-state index < -0.39 is 0 Å². The smallest absolute Gasteiger partial charge is 0.0163 e. The van der Waals surface area contributed by atoms with Gasteiger partial charge < -0.3 is 11.5 Å². The van der Waals surface area contributed by atoms with E-state index in [0.29, 0.717) is 6.13 Å². The predicted molar refractivity (Wildman–Crippen MR) is 64.8 cm³/mol. The highest BCUT2D eigenvalue weighted by molar-refractivity contribution is 7.06. The van der Waals surface area contributed by atoms with Crippen molar-refractivity contribution in [1.82, 2.24) is 0 Å². The van der Waals surface area contributed by atoms with E-state index in [1.54, 1.807) is 0 Å². The first kappa shape index (κ1) is 10.4. The van der Waals surface area contributed by atoms with Crippen LogP contribution in [0.15, 0.2) is 24.3 Å². The fourth-order valence-corrected chi connectivity index (χ4v) is 3.32. The van der Waals surface area contributed by atoms with Crippen LogP contribution in [0.5, 0.6) is 0 Å². The van der Waals surface area contributed by atoms with Gasteiger partial charge in [0.05, 0.1) is 0 Å². The van der Waals surface area contributed by atoms with Gasteiger partial charge in [-0.05, 0) is 30.3 Å². The fraction of sp³-hybridized carbons (Fsp3) is 0.667. The van der Waals surface area contributed by atoms with Crippen molar-refractivity contribution in [3.8, 4) is 0 Å². The topological polar surface area (TPSA) is 0 Å². The first-order valence-corrected chi connectivity index (χ1v) is 6.11. The van der Waals surface area contributed by atoms with Gasteiger partial charge in [0.1, 0.15) is 0 Å². The molecule has 0 bridgehead atoms. The van der Waals surface area contributed by atoms with E-state index in [-0.39, 0.29) is 0 Å². The van der Waals surface area contributed by atoms with Crippen molar-refractivity contribution in [2.75, 3.05) is 0 Å². The van der Waals surface area contributed by atoms with Crippen LogP contribution in [0.1, 0.15) is 13.3 Å². The predicted octanol–water partition coefficient (Wildman–Crippen LogP) is 3.86. The minimum absolute atomic E-state index is 0.320. The van der Waals surface area contributed by atoms with Crippen molar-refractivity contribution in [1.29, 1.82) is 0 Å². The first-order valence-electron chi connectivity index (χ1n) is 5.67. The van der Waals surface area contributed by atoms with Gasteiger partial charge in [-0.25, -0.2) is 6.82 Å². The molecule has 4 atom stereocenters. The molecule has 0 spiro atoms. The van der Waals surface area contributed by atoms with Gasteiger partial charge in [0.15, 0.2) is 0 Å². The van der Waals surface area contributed by atoms with Crippen molar-refractivity contribution in [2.45, 2.75) is 26.5 Å². The van der Waals surface area contributed by atoms with Gasteiger partial charge in [-0.2, -0.15) is 6.32 Å². The Hall–Kier alpha value is -0.165. The van der Waals surface area contributed by atoms with Crippen LogP contribution in [-0.4, -0.2) is 6.13 Å². The molecule has 77 valence electrons. The second-order valence-electron chi connectivity index (χ2n) is 4.90. The van der Waals surface area contributed by atoms with Crippen LogP contribution in [0.2, 0.25) is 13.1 Å². The standard InChI is InChI=1S/C12H18BCl/c1-9-7-10-5-3-4-6-11(10)12(9)8-13(2)14/h3-6,9-12H,7-8H2,1-2H3/q-1. The van der Waals surface area contributed by atoms with E-state index >= 15 is 0 Å². The minimum atomic E-state index is 0.320. The van der Waals surface area contributed by atoms with Crippen LogP contribution in [0.3, 0.4) is 0 Å². The molecule has 0 aromatic heterocycles. The molecule has 2 aliphatic carbocycles. The van der Waals surface area contributed by atoms with Gasteiger partial charge in [0.2, 0.25) is 0 Å². The zero-order valence-electron chi connectivity index (χ0n) is 8.99. The molecule has 2 rings (SSSR count). The summed E-state index contributed by atoms with van der Waals surface area (Å²) >= 11 is 6.11. The Morgan fingerprint density at radius 1 is 1.36 bits per heavy atom. The van der Waals surface area contributed by atoms with E-state index in [9.17, 15) is 0 Å². The lowest BCUT2D eigenvalue weighted by molar-refractivity contribution is 0.394. The first-order chi connectivity index (χ1) is 6.68. The minimum Gasteiger partial charge on any atom is -0.432 e. The van der Waals surface area contributed by atoms with Crippen molar-refractivity contribution in [3.63, 3.8) is 0 Å². The molecule has 1 fully saturated rings. The Kier molecular flexibility index (Phi) is 3.06. The highest BCUT2D eigenvalue weighted by Crippen LogP contribution is 2.46. The average molecular weight is 209 g/mol. The lowest BCUT2D eigenvalue weighted by Crippen LogP contribution is -2.18. The summed E-state index contributed by atoms with van der Waals surface area (Å²) in [6.07, 6.45) is 12.0. The average Bonchev–Trinajstić information content (AvgIpc) is 2.43. The summed E-state index contributed by atoms with van der Waals surface area (Å²) in [6.45, 7) is 4.49. The van der Waals surface area contributed by atoms with Crippen LogP contribution in [0.4, 0.5) is 0 Å². The lowest BCUT2D eigenvalue weighted by Gasteiger charge is -2.28. The van der Waals surface area contributed by atoms with E-state index in [1.165, 1.54) is 12.7 Å². The second-order valence-corrected chi connectivity index (χ2v) is 5.65. The van der Waals surface area contributed by atoms with Gasteiger partial charge in [-0.3, -0.25) is 0 Å². The molecule has 2 aliphatic rings. The van der Waals surface area contributed by atoms with E-state index in [2.05, 4.69) is 38.1 Å². The molecule has 2 heteroatoms. The Labute approximate surface area is 92.4 Å². The SMILES string of the molecule is C[B-](Cl)CC1C(C)CC2C=CC=CC21. The molecule has 0 saturated heterocycles. The molecule has 0 nitrogen and oxygen atoms in total. The molecular weight excluding hydrogens is 190 g/mol. The fourth-order valence-electron chi connectivity index (χ4n) is 3.11. The molecule has 0 N–H and O–H groups in total. The molecular formula is C12H18BCl-. The van der Waals surface area contributed by atoms with Crippen molar-refractivity contribution < 1.29 is 0 Å². The van der Waals surface area contributed by atoms with Crippen LogP contribution in [0, 0.1) is 23.7 Å². The van der Waals surface area contributed by atoms with E-state index in [1.807, 2.05) is 0 Å². The van der Waals surface area contributed by atoms with Gasteiger partial charge in [0.25, 0.3) is 0 Å². The lowest BCUT2D eigenvalue weighted by atomic mass is 9.65. The number of allylic oxidation sites excluding steroid dienone is 4. The number of halogens is 1. The van der Waals surface area contributed by atoms with E-state index in [4.69, 9.17) is 11.5 Å². The maximum absolute atomic E-state index is 6.11. The summed E-state index contributed by atoms with van der Waals surface area (Å²) in [5.74, 6) is 3.18. The third-order valence-electron chi connectivity index (χ3n) is 3.76. The third kappa shape index (κ3) is 1.93. The number of hydrogen-bond donors (Lipinski definition) is 0. The molecule has 1 saturated carbocycles. The van der Waals surface area contributed by atoms with Crippen LogP contribution < -0.4 is 0 Å². The zero-order chi connectivity index (χ0) is 10.1. The Morgan fingerprint density at radius 2 is 2.07 bits per heavy atom.